The van der Waals surface area contributed by atoms with Gasteiger partial charge in [0.05, 0.1) is 24.4 Å². The Morgan fingerprint density at radius 2 is 2.10 bits per heavy atom. The molecule has 21 heavy (non-hydrogen) atoms. The summed E-state index contributed by atoms with van der Waals surface area (Å²) in [6.45, 7) is 2.58. The van der Waals surface area contributed by atoms with Crippen LogP contribution < -0.4 is 10.5 Å². The molecule has 4 nitrogen and oxygen atoms in total. The van der Waals surface area contributed by atoms with Gasteiger partial charge in [0.1, 0.15) is 17.3 Å². The minimum Gasteiger partial charge on any atom is -0.493 e. The van der Waals surface area contributed by atoms with Crippen molar-refractivity contribution >= 4 is 11.6 Å². The van der Waals surface area contributed by atoms with Crippen LogP contribution in [0.5, 0.6) is 5.75 Å². The van der Waals surface area contributed by atoms with E-state index in [4.69, 9.17) is 22.1 Å². The van der Waals surface area contributed by atoms with Gasteiger partial charge >= 0.3 is 0 Å². The number of rotatable bonds is 5. The van der Waals surface area contributed by atoms with Crippen LogP contribution in [0.1, 0.15) is 30.6 Å². The van der Waals surface area contributed by atoms with E-state index in [9.17, 15) is 8.78 Å². The summed E-state index contributed by atoms with van der Waals surface area (Å²) in [6, 6.07) is 1.02. The summed E-state index contributed by atoms with van der Waals surface area (Å²) < 4.78 is 34.4. The van der Waals surface area contributed by atoms with Gasteiger partial charge in [0, 0.05) is 12.1 Å². The van der Waals surface area contributed by atoms with Crippen LogP contribution in [-0.4, -0.2) is 16.9 Å². The summed E-state index contributed by atoms with van der Waals surface area (Å²) in [5.41, 5.74) is 6.60. The number of hydrogen-bond donors (Lipinski definition) is 1. The van der Waals surface area contributed by atoms with Gasteiger partial charge in [-0.15, -0.1) is 0 Å². The number of nitrogens with zero attached hydrogens (tertiary/aromatic N) is 2. The topological polar surface area (TPSA) is 53.1 Å². The molecule has 1 aromatic carbocycles. The van der Waals surface area contributed by atoms with Crippen molar-refractivity contribution in [2.45, 2.75) is 25.9 Å². The first-order valence-corrected chi connectivity index (χ1v) is 6.87. The minimum absolute atomic E-state index is 0.00746. The number of aryl methyl sites for hydroxylation is 1. The fourth-order valence-corrected chi connectivity index (χ4v) is 2.31. The Kier molecular flexibility index (Phi) is 4.80. The second kappa shape index (κ2) is 6.41. The largest absolute Gasteiger partial charge is 0.493 e. The van der Waals surface area contributed by atoms with Crippen LogP contribution in [0.3, 0.4) is 0 Å². The van der Waals surface area contributed by atoms with Crippen LogP contribution in [0, 0.1) is 11.6 Å². The molecule has 0 aliphatic rings. The highest BCUT2D eigenvalue weighted by Crippen LogP contribution is 2.31. The standard InChI is InChI=1S/C14H16ClF2N3O/c1-3-4-20-14(12(21-2)7-19-20)13(18)8-5-11(17)9(15)6-10(8)16/h5-7,13H,3-4,18H2,1-2H3. The van der Waals surface area contributed by atoms with Crippen molar-refractivity contribution in [1.29, 1.82) is 0 Å². The predicted octanol–water partition coefficient (Wildman–Crippen LogP) is 3.28. The van der Waals surface area contributed by atoms with E-state index < -0.39 is 17.7 Å². The molecule has 2 rings (SSSR count). The maximum atomic E-state index is 14.0. The van der Waals surface area contributed by atoms with Crippen LogP contribution >= 0.6 is 11.6 Å². The van der Waals surface area contributed by atoms with Crippen molar-refractivity contribution in [3.63, 3.8) is 0 Å². The molecule has 0 spiro atoms. The van der Waals surface area contributed by atoms with Crippen LogP contribution in [0.4, 0.5) is 8.78 Å². The molecular formula is C14H16ClF2N3O. The molecule has 2 aromatic rings. The van der Waals surface area contributed by atoms with Crippen molar-refractivity contribution in [3.8, 4) is 5.75 Å². The molecule has 2 N–H and O–H groups in total. The third kappa shape index (κ3) is 3.01. The molecular weight excluding hydrogens is 300 g/mol. The average Bonchev–Trinajstić information content (AvgIpc) is 2.85. The van der Waals surface area contributed by atoms with E-state index in [1.54, 1.807) is 4.68 Å². The number of benzene rings is 1. The Morgan fingerprint density at radius 3 is 2.71 bits per heavy atom. The number of aromatic nitrogens is 2. The van der Waals surface area contributed by atoms with Gasteiger partial charge in [0.2, 0.25) is 0 Å². The summed E-state index contributed by atoms with van der Waals surface area (Å²) in [5.74, 6) is -0.949. The Morgan fingerprint density at radius 1 is 1.38 bits per heavy atom. The van der Waals surface area contributed by atoms with E-state index in [2.05, 4.69) is 5.10 Å². The highest BCUT2D eigenvalue weighted by molar-refractivity contribution is 6.30. The lowest BCUT2D eigenvalue weighted by molar-refractivity contribution is 0.403. The second-order valence-corrected chi connectivity index (χ2v) is 4.99. The molecule has 0 aliphatic heterocycles. The maximum Gasteiger partial charge on any atom is 0.161 e. The van der Waals surface area contributed by atoms with Gasteiger partial charge in [-0.2, -0.15) is 5.10 Å². The van der Waals surface area contributed by atoms with Gasteiger partial charge in [-0.05, 0) is 18.6 Å². The first-order chi connectivity index (χ1) is 9.99. The van der Waals surface area contributed by atoms with Gasteiger partial charge < -0.3 is 10.5 Å². The normalized spacial score (nSPS) is 12.5. The van der Waals surface area contributed by atoms with Gasteiger partial charge in [-0.1, -0.05) is 18.5 Å². The molecule has 0 saturated carbocycles. The van der Waals surface area contributed by atoms with Crippen LogP contribution in [0.25, 0.3) is 0 Å². The highest BCUT2D eigenvalue weighted by Gasteiger charge is 2.24. The van der Waals surface area contributed by atoms with Crippen molar-refractivity contribution in [2.75, 3.05) is 7.11 Å². The Labute approximate surface area is 126 Å². The first-order valence-electron chi connectivity index (χ1n) is 6.49. The van der Waals surface area contributed by atoms with E-state index in [-0.39, 0.29) is 10.6 Å². The highest BCUT2D eigenvalue weighted by atomic mass is 35.5. The van der Waals surface area contributed by atoms with Crippen LogP contribution in [-0.2, 0) is 6.54 Å². The summed E-state index contributed by atoms with van der Waals surface area (Å²) in [7, 11) is 1.47. The van der Waals surface area contributed by atoms with E-state index in [0.29, 0.717) is 18.0 Å². The van der Waals surface area contributed by atoms with E-state index in [1.807, 2.05) is 6.92 Å². The second-order valence-electron chi connectivity index (χ2n) is 4.59. The molecule has 1 atom stereocenters. The van der Waals surface area contributed by atoms with Crippen molar-refractivity contribution in [1.82, 2.24) is 9.78 Å². The van der Waals surface area contributed by atoms with Crippen molar-refractivity contribution in [2.24, 2.45) is 5.73 Å². The summed E-state index contributed by atoms with van der Waals surface area (Å²) in [4.78, 5) is 0. The summed E-state index contributed by atoms with van der Waals surface area (Å²) in [6.07, 6.45) is 2.33. The number of methoxy groups -OCH3 is 1. The van der Waals surface area contributed by atoms with Gasteiger partial charge in [0.25, 0.3) is 0 Å². The Bertz CT molecular complexity index is 645. The van der Waals surface area contributed by atoms with Crippen molar-refractivity contribution < 1.29 is 13.5 Å². The monoisotopic (exact) mass is 315 g/mol. The Balaban J connectivity index is 2.51. The molecule has 0 aliphatic carbocycles. The number of nitrogens with two attached hydrogens (primary N) is 1. The van der Waals surface area contributed by atoms with Crippen molar-refractivity contribution in [3.05, 3.63) is 46.2 Å². The van der Waals surface area contributed by atoms with E-state index in [1.165, 1.54) is 13.3 Å². The molecule has 1 aromatic heterocycles. The number of hydrogen-bond acceptors (Lipinski definition) is 3. The summed E-state index contributed by atoms with van der Waals surface area (Å²) >= 11 is 5.56. The van der Waals surface area contributed by atoms with E-state index in [0.717, 1.165) is 18.6 Å². The molecule has 7 heteroatoms. The lowest BCUT2D eigenvalue weighted by Crippen LogP contribution is -2.20. The third-order valence-corrected chi connectivity index (χ3v) is 3.46. The average molecular weight is 316 g/mol. The SMILES string of the molecule is CCCn1ncc(OC)c1C(N)c1cc(F)c(Cl)cc1F. The molecule has 0 fully saturated rings. The Hall–Kier alpha value is -1.66. The number of halogens is 3. The predicted molar refractivity (Wildman–Crippen MR) is 76.5 cm³/mol. The smallest absolute Gasteiger partial charge is 0.161 e. The third-order valence-electron chi connectivity index (χ3n) is 3.17. The van der Waals surface area contributed by atoms with Gasteiger partial charge in [-0.25, -0.2) is 8.78 Å². The minimum atomic E-state index is -0.902. The molecule has 114 valence electrons. The zero-order chi connectivity index (χ0) is 15.6. The fraction of sp³-hybridized carbons (Fsp3) is 0.357. The quantitative estimate of drug-likeness (QED) is 0.861. The van der Waals surface area contributed by atoms with Gasteiger partial charge in [-0.3, -0.25) is 4.68 Å². The zero-order valence-electron chi connectivity index (χ0n) is 11.7. The van der Waals surface area contributed by atoms with Crippen LogP contribution in [0.15, 0.2) is 18.3 Å². The zero-order valence-corrected chi connectivity index (χ0v) is 12.5. The molecule has 0 bridgehead atoms. The number of ether oxygens (including phenoxy) is 1. The molecule has 0 amide bonds. The van der Waals surface area contributed by atoms with Gasteiger partial charge in [0.15, 0.2) is 5.75 Å². The fourth-order valence-electron chi connectivity index (χ4n) is 2.16. The maximum absolute atomic E-state index is 14.0. The lowest BCUT2D eigenvalue weighted by atomic mass is 10.0. The first kappa shape index (κ1) is 15.7. The van der Waals surface area contributed by atoms with E-state index >= 15 is 0 Å². The molecule has 1 heterocycles. The molecule has 1 unspecified atom stereocenters. The molecule has 0 saturated heterocycles. The molecule has 0 radical (unpaired) electrons. The van der Waals surface area contributed by atoms with Crippen LogP contribution in [0.2, 0.25) is 5.02 Å². The lowest BCUT2D eigenvalue weighted by Gasteiger charge is -2.17. The summed E-state index contributed by atoms with van der Waals surface area (Å²) in [5, 5.41) is 3.88.